The number of hydrogen-bond donors (Lipinski definition) is 0. The van der Waals surface area contributed by atoms with Crippen molar-refractivity contribution in [3.05, 3.63) is 144 Å². The summed E-state index contributed by atoms with van der Waals surface area (Å²) in [6, 6.07) is 36.9. The van der Waals surface area contributed by atoms with Crippen molar-refractivity contribution in [2.75, 3.05) is 9.80 Å². The van der Waals surface area contributed by atoms with Crippen LogP contribution in [-0.4, -0.2) is 17.9 Å². The number of para-hydroxylation sites is 2. The van der Waals surface area contributed by atoms with Crippen LogP contribution >= 0.6 is 0 Å². The van der Waals surface area contributed by atoms with Gasteiger partial charge in [-0.15, -0.1) is 0 Å². The second-order valence-electron chi connectivity index (χ2n) is 9.40. The number of hydrogen-bond acceptors (Lipinski definition) is 2. The van der Waals surface area contributed by atoms with Crippen molar-refractivity contribution in [2.45, 2.75) is 25.4 Å². The number of carbonyl (C=O) groups is 2. The molecular formula is C34H30N2O2. The molecule has 0 fully saturated rings. The molecule has 0 saturated heterocycles. The van der Waals surface area contributed by atoms with Crippen LogP contribution in [0.2, 0.25) is 0 Å². The topological polar surface area (TPSA) is 40.6 Å². The normalized spacial score (nSPS) is 16.9. The third-order valence-electron chi connectivity index (χ3n) is 6.82. The predicted octanol–water partition coefficient (Wildman–Crippen LogP) is 7.31. The summed E-state index contributed by atoms with van der Waals surface area (Å²) in [5.74, 6) is -0.176. The van der Waals surface area contributed by atoms with Crippen LogP contribution < -0.4 is 9.80 Å². The Morgan fingerprint density at radius 3 is 1.87 bits per heavy atom. The van der Waals surface area contributed by atoms with E-state index in [1.54, 1.807) is 12.2 Å². The number of rotatable bonds is 6. The molecule has 0 bridgehead atoms. The van der Waals surface area contributed by atoms with Gasteiger partial charge < -0.3 is 9.80 Å². The van der Waals surface area contributed by atoms with Crippen LogP contribution in [0.1, 0.15) is 36.1 Å². The first-order valence-corrected chi connectivity index (χ1v) is 12.9. The smallest absolute Gasteiger partial charge is 0.251 e. The summed E-state index contributed by atoms with van der Waals surface area (Å²) < 4.78 is 0. The number of anilines is 2. The van der Waals surface area contributed by atoms with Crippen molar-refractivity contribution in [3.63, 3.8) is 0 Å². The van der Waals surface area contributed by atoms with E-state index in [9.17, 15) is 9.59 Å². The van der Waals surface area contributed by atoms with Gasteiger partial charge in [0.15, 0.2) is 0 Å². The highest BCUT2D eigenvalue weighted by atomic mass is 16.2. The Kier molecular flexibility index (Phi) is 7.60. The van der Waals surface area contributed by atoms with Gasteiger partial charge in [-0.3, -0.25) is 9.59 Å². The Bertz CT molecular complexity index is 1450. The summed E-state index contributed by atoms with van der Waals surface area (Å²) in [6.07, 6.45) is 7.57. The molecular weight excluding hydrogens is 468 g/mol. The summed E-state index contributed by atoms with van der Waals surface area (Å²) in [5, 5.41) is 0. The summed E-state index contributed by atoms with van der Waals surface area (Å²) in [6.45, 7) is 2.05. The molecule has 4 aromatic carbocycles. The maximum absolute atomic E-state index is 13.8. The number of benzene rings is 4. The minimum absolute atomic E-state index is 0.0752. The van der Waals surface area contributed by atoms with Crippen molar-refractivity contribution in [1.29, 1.82) is 0 Å². The molecule has 4 heteroatoms. The highest BCUT2D eigenvalue weighted by Crippen LogP contribution is 2.42. The van der Waals surface area contributed by atoms with Crippen molar-refractivity contribution < 1.29 is 9.59 Å². The Morgan fingerprint density at radius 1 is 0.711 bits per heavy atom. The standard InChI is InChI=1S/C34H30N2O2/c1-26-25-32(36(29-17-9-4-10-18-29)34(38)24-22-28-15-7-3-8-16-28)30-19-11-12-20-31(30)35(26)33(37)23-21-27-13-5-2-6-14-27/h2-24,26,32H,25H2,1H3. The fourth-order valence-electron chi connectivity index (χ4n) is 5.04. The van der Waals surface area contributed by atoms with Gasteiger partial charge >= 0.3 is 0 Å². The first-order valence-electron chi connectivity index (χ1n) is 12.9. The minimum Gasteiger partial charge on any atom is -0.306 e. The molecule has 0 aromatic heterocycles. The fourth-order valence-corrected chi connectivity index (χ4v) is 5.04. The summed E-state index contributed by atoms with van der Waals surface area (Å²) in [7, 11) is 0. The van der Waals surface area contributed by atoms with Crippen molar-refractivity contribution in [3.8, 4) is 0 Å². The van der Waals surface area contributed by atoms with E-state index in [0.717, 1.165) is 28.1 Å². The van der Waals surface area contributed by atoms with Crippen LogP contribution in [0.5, 0.6) is 0 Å². The quantitative estimate of drug-likeness (QED) is 0.262. The Hall–Kier alpha value is -4.70. The van der Waals surface area contributed by atoms with Crippen LogP contribution in [0.25, 0.3) is 12.2 Å². The van der Waals surface area contributed by atoms with Crippen LogP contribution in [0.4, 0.5) is 11.4 Å². The lowest BCUT2D eigenvalue weighted by Crippen LogP contribution is -2.47. The molecule has 2 atom stereocenters. The van der Waals surface area contributed by atoms with Crippen molar-refractivity contribution in [2.24, 2.45) is 0 Å². The number of carbonyl (C=O) groups excluding carboxylic acids is 2. The van der Waals surface area contributed by atoms with Gasteiger partial charge in [-0.2, -0.15) is 0 Å². The molecule has 0 saturated carbocycles. The van der Waals surface area contributed by atoms with E-state index in [1.165, 1.54) is 0 Å². The van der Waals surface area contributed by atoms with E-state index in [1.807, 2.05) is 144 Å². The van der Waals surface area contributed by atoms with Crippen LogP contribution in [0, 0.1) is 0 Å². The summed E-state index contributed by atoms with van der Waals surface area (Å²) in [4.78, 5) is 30.9. The first-order chi connectivity index (χ1) is 18.6. The minimum atomic E-state index is -0.223. The maximum atomic E-state index is 13.8. The lowest BCUT2D eigenvalue weighted by atomic mass is 9.89. The monoisotopic (exact) mass is 498 g/mol. The average Bonchev–Trinajstić information content (AvgIpc) is 2.96. The van der Waals surface area contributed by atoms with Crippen LogP contribution in [0.3, 0.4) is 0 Å². The highest BCUT2D eigenvalue weighted by molar-refractivity contribution is 6.07. The average molecular weight is 499 g/mol. The number of nitrogens with zero attached hydrogens (tertiary/aromatic N) is 2. The molecule has 38 heavy (non-hydrogen) atoms. The van der Waals surface area contributed by atoms with Crippen molar-refractivity contribution in [1.82, 2.24) is 0 Å². The summed E-state index contributed by atoms with van der Waals surface area (Å²) in [5.41, 5.74) is 4.55. The third kappa shape index (κ3) is 5.50. The van der Waals surface area contributed by atoms with E-state index in [-0.39, 0.29) is 23.9 Å². The highest BCUT2D eigenvalue weighted by Gasteiger charge is 2.37. The van der Waals surface area contributed by atoms with Gasteiger partial charge in [-0.05, 0) is 60.4 Å². The molecule has 188 valence electrons. The van der Waals surface area contributed by atoms with Gasteiger partial charge in [0, 0.05) is 29.6 Å². The van der Waals surface area contributed by atoms with Crippen LogP contribution in [0.15, 0.2) is 127 Å². The summed E-state index contributed by atoms with van der Waals surface area (Å²) >= 11 is 0. The third-order valence-corrected chi connectivity index (χ3v) is 6.82. The molecule has 2 unspecified atom stereocenters. The molecule has 4 aromatic rings. The fraction of sp³-hybridized carbons (Fsp3) is 0.118. The van der Waals surface area contributed by atoms with Gasteiger partial charge in [-0.1, -0.05) is 97.1 Å². The largest absolute Gasteiger partial charge is 0.306 e. The second kappa shape index (κ2) is 11.6. The Morgan fingerprint density at radius 2 is 1.24 bits per heavy atom. The maximum Gasteiger partial charge on any atom is 0.251 e. The van der Waals surface area contributed by atoms with Gasteiger partial charge in [0.05, 0.1) is 6.04 Å². The predicted molar refractivity (Wildman–Crippen MR) is 156 cm³/mol. The lowest BCUT2D eigenvalue weighted by Gasteiger charge is -2.43. The molecule has 4 nitrogen and oxygen atoms in total. The SMILES string of the molecule is CC1CC(N(C(=O)C=Cc2ccccc2)c2ccccc2)c2ccccc2N1C(=O)C=Cc1ccccc1. The van der Waals surface area contributed by atoms with Crippen LogP contribution in [-0.2, 0) is 9.59 Å². The number of fused-ring (bicyclic) bond motifs is 1. The molecule has 1 heterocycles. The van der Waals surface area contributed by atoms with E-state index >= 15 is 0 Å². The molecule has 1 aliphatic rings. The van der Waals surface area contributed by atoms with E-state index < -0.39 is 0 Å². The molecule has 0 aliphatic carbocycles. The first kappa shape index (κ1) is 25.0. The second-order valence-corrected chi connectivity index (χ2v) is 9.40. The van der Waals surface area contributed by atoms with E-state index in [0.29, 0.717) is 6.42 Å². The molecule has 1 aliphatic heterocycles. The zero-order valence-corrected chi connectivity index (χ0v) is 21.4. The molecule has 2 amide bonds. The lowest BCUT2D eigenvalue weighted by molar-refractivity contribution is -0.114. The molecule has 0 N–H and O–H groups in total. The van der Waals surface area contributed by atoms with Gasteiger partial charge in [0.1, 0.15) is 0 Å². The number of amides is 2. The van der Waals surface area contributed by atoms with Gasteiger partial charge in [0.25, 0.3) is 11.8 Å². The van der Waals surface area contributed by atoms with Gasteiger partial charge in [0.2, 0.25) is 0 Å². The molecule has 0 radical (unpaired) electrons. The van der Waals surface area contributed by atoms with Gasteiger partial charge in [-0.25, -0.2) is 0 Å². The zero-order valence-electron chi connectivity index (χ0n) is 21.4. The molecule has 5 rings (SSSR count). The van der Waals surface area contributed by atoms with E-state index in [2.05, 4.69) is 0 Å². The zero-order chi connectivity index (χ0) is 26.3. The van der Waals surface area contributed by atoms with Crippen molar-refractivity contribution >= 4 is 35.3 Å². The Balaban J connectivity index is 1.50. The van der Waals surface area contributed by atoms with E-state index in [4.69, 9.17) is 0 Å². The molecule has 0 spiro atoms. The Labute approximate surface area is 224 Å².